The highest BCUT2D eigenvalue weighted by Gasteiger charge is 2.80. The number of alkyl halides is 3. The summed E-state index contributed by atoms with van der Waals surface area (Å²) in [6.07, 6.45) is -3.06. The van der Waals surface area contributed by atoms with Gasteiger partial charge < -0.3 is 40.1 Å². The Kier molecular flexibility index (Phi) is 11.9. The molecular weight excluding hydrogens is 705 g/mol. The Morgan fingerprint density at radius 3 is 2.36 bits per heavy atom. The SMILES string of the molecule is COC(=O)[C@]1(C(C)(CN2C(=O)CNC(=O)c3cc(CCCOc4cc(C)nc(N)n4)ccc32)c2ccccc2)NC1(C=O)CC=O.O=C(O)C(F)(F)F. The van der Waals surface area contributed by atoms with E-state index < -0.39 is 46.4 Å². The number of nitrogen functional groups attached to an aromatic ring is 1. The molecule has 2 aromatic carbocycles. The van der Waals surface area contributed by atoms with Crippen molar-refractivity contribution in [2.75, 3.05) is 37.4 Å². The minimum Gasteiger partial charge on any atom is -0.478 e. The van der Waals surface area contributed by atoms with Gasteiger partial charge in [-0.1, -0.05) is 43.3 Å². The van der Waals surface area contributed by atoms with Crippen LogP contribution in [0.3, 0.4) is 0 Å². The number of aromatic nitrogens is 2. The fourth-order valence-corrected chi connectivity index (χ4v) is 6.49. The second kappa shape index (κ2) is 15.8. The summed E-state index contributed by atoms with van der Waals surface area (Å²) in [5.41, 5.74) is 3.95. The topological polar surface area (TPSA) is 230 Å². The lowest BCUT2D eigenvalue weighted by Gasteiger charge is -2.41. The normalized spacial score (nSPS) is 20.3. The number of esters is 1. The lowest BCUT2D eigenvalue weighted by molar-refractivity contribution is -0.192. The zero-order valence-electron chi connectivity index (χ0n) is 28.9. The molecule has 0 aliphatic carbocycles. The number of halogens is 3. The van der Waals surface area contributed by atoms with Crippen molar-refractivity contribution in [3.05, 3.63) is 77.0 Å². The molecule has 3 heterocycles. The Morgan fingerprint density at radius 1 is 1.09 bits per heavy atom. The number of rotatable bonds is 13. The molecule has 53 heavy (non-hydrogen) atoms. The third kappa shape index (κ3) is 8.11. The first kappa shape index (κ1) is 39.9. The standard InChI is InChI=1S/C33H36N6O7.C2HF3O2/c1-21-16-26(37-30(34)36-21)46-15-7-8-22-11-12-25-24(17-22)28(43)35-18-27(42)39(25)19-31(2,23-9-5-4-6-10-23)33(29(44)45-3)32(20-41,38-33)13-14-40;3-2(4,5)1(6)7/h4-6,9-12,14,16-17,20,38H,7-8,13,15,18-19H2,1-3H3,(H,35,43)(H2,34,36,37);(H,6,7)/t31?,32?,33-;/m1./s1. The smallest absolute Gasteiger partial charge is 0.478 e. The third-order valence-electron chi connectivity index (χ3n) is 9.08. The van der Waals surface area contributed by atoms with Crippen molar-refractivity contribution in [1.82, 2.24) is 20.6 Å². The Morgan fingerprint density at radius 2 is 1.77 bits per heavy atom. The van der Waals surface area contributed by atoms with E-state index in [-0.39, 0.29) is 31.0 Å². The number of anilines is 2. The molecule has 282 valence electrons. The molecule has 0 spiro atoms. The quantitative estimate of drug-likeness (QED) is 0.0852. The molecule has 2 unspecified atom stereocenters. The number of nitrogens with zero attached hydrogens (tertiary/aromatic N) is 3. The van der Waals surface area contributed by atoms with Crippen LogP contribution in [0.1, 0.15) is 46.9 Å². The van der Waals surface area contributed by atoms with Crippen LogP contribution in [0, 0.1) is 6.92 Å². The number of carboxylic acid groups (broad SMARTS) is 1. The van der Waals surface area contributed by atoms with Crippen LogP contribution in [0.15, 0.2) is 54.6 Å². The number of aliphatic carboxylic acids is 1. The van der Waals surface area contributed by atoms with Crippen LogP contribution in [0.2, 0.25) is 0 Å². The summed E-state index contributed by atoms with van der Waals surface area (Å²) in [5, 5.41) is 12.8. The Hall–Kier alpha value is -5.91. The van der Waals surface area contributed by atoms with Gasteiger partial charge >= 0.3 is 18.1 Å². The fraction of sp³-hybridized carbons (Fsp3) is 0.371. The number of benzene rings is 2. The molecule has 1 saturated heterocycles. The monoisotopic (exact) mass is 742 g/mol. The van der Waals surface area contributed by atoms with Gasteiger partial charge in [-0.15, -0.1) is 0 Å². The highest BCUT2D eigenvalue weighted by atomic mass is 19.4. The predicted molar refractivity (Wildman–Crippen MR) is 181 cm³/mol. The zero-order chi connectivity index (χ0) is 39.2. The van der Waals surface area contributed by atoms with Gasteiger partial charge in [-0.2, -0.15) is 18.2 Å². The van der Waals surface area contributed by atoms with Gasteiger partial charge in [-0.05, 0) is 43.0 Å². The highest BCUT2D eigenvalue weighted by molar-refractivity contribution is 6.10. The molecule has 3 atom stereocenters. The Bertz CT molecular complexity index is 1880. The van der Waals surface area contributed by atoms with E-state index in [9.17, 15) is 37.1 Å². The second-order valence-electron chi connectivity index (χ2n) is 12.5. The molecule has 1 fully saturated rings. The average molecular weight is 743 g/mol. The fourth-order valence-electron chi connectivity index (χ4n) is 6.49. The number of hydrogen-bond donors (Lipinski definition) is 4. The van der Waals surface area contributed by atoms with Crippen LogP contribution in [0.5, 0.6) is 5.88 Å². The third-order valence-corrected chi connectivity index (χ3v) is 9.08. The lowest BCUT2D eigenvalue weighted by Crippen LogP contribution is -2.59. The summed E-state index contributed by atoms with van der Waals surface area (Å²) < 4.78 is 42.7. The van der Waals surface area contributed by atoms with Crippen molar-refractivity contribution >= 4 is 48.0 Å². The summed E-state index contributed by atoms with van der Waals surface area (Å²) in [4.78, 5) is 83.2. The van der Waals surface area contributed by atoms with E-state index >= 15 is 0 Å². The lowest BCUT2D eigenvalue weighted by atomic mass is 9.65. The number of nitrogens with two attached hydrogens (primary N) is 1. The second-order valence-corrected chi connectivity index (χ2v) is 12.5. The number of carbonyl (C=O) groups excluding carboxylic acids is 5. The maximum absolute atomic E-state index is 13.7. The molecule has 15 nitrogen and oxygen atoms in total. The molecule has 0 radical (unpaired) electrons. The number of carbonyl (C=O) groups is 6. The number of methoxy groups -OCH3 is 1. The largest absolute Gasteiger partial charge is 0.490 e. The average Bonchev–Trinajstić information content (AvgIpc) is 3.82. The summed E-state index contributed by atoms with van der Waals surface area (Å²) in [6, 6.07) is 15.9. The molecule has 2 aliphatic rings. The molecule has 2 amide bonds. The first-order valence-corrected chi connectivity index (χ1v) is 16.1. The van der Waals surface area contributed by atoms with Gasteiger partial charge in [0.25, 0.3) is 5.91 Å². The van der Waals surface area contributed by atoms with Gasteiger partial charge in [0.05, 0.1) is 31.5 Å². The van der Waals surface area contributed by atoms with Crippen molar-refractivity contribution in [1.29, 1.82) is 0 Å². The number of fused-ring (bicyclic) bond motifs is 1. The number of amides is 2. The number of aryl methyl sites for hydroxylation is 2. The minimum atomic E-state index is -5.08. The molecular formula is C35H37F3N6O9. The number of ether oxygens (including phenoxy) is 2. The Labute approximate surface area is 301 Å². The van der Waals surface area contributed by atoms with Gasteiger partial charge in [-0.3, -0.25) is 14.9 Å². The van der Waals surface area contributed by atoms with E-state index in [4.69, 9.17) is 25.1 Å². The van der Waals surface area contributed by atoms with Crippen LogP contribution in [-0.4, -0.2) is 95.5 Å². The van der Waals surface area contributed by atoms with Gasteiger partial charge in [0.2, 0.25) is 17.7 Å². The van der Waals surface area contributed by atoms with Crippen molar-refractivity contribution in [3.8, 4) is 5.88 Å². The van der Waals surface area contributed by atoms with E-state index in [0.29, 0.717) is 54.8 Å². The van der Waals surface area contributed by atoms with Gasteiger partial charge in [-0.25, -0.2) is 14.6 Å². The predicted octanol–water partition coefficient (Wildman–Crippen LogP) is 2.09. The molecule has 0 bridgehead atoms. The number of aldehydes is 2. The molecule has 0 saturated carbocycles. The Balaban J connectivity index is 0.000000815. The number of carboxylic acids is 1. The van der Waals surface area contributed by atoms with Crippen LogP contribution < -0.4 is 26.0 Å². The molecule has 5 rings (SSSR count). The van der Waals surface area contributed by atoms with Crippen LogP contribution >= 0.6 is 0 Å². The van der Waals surface area contributed by atoms with Crippen molar-refractivity contribution < 1.29 is 56.5 Å². The van der Waals surface area contributed by atoms with E-state index in [1.54, 1.807) is 62.4 Å². The van der Waals surface area contributed by atoms with E-state index in [2.05, 4.69) is 20.6 Å². The van der Waals surface area contributed by atoms with Gasteiger partial charge in [0, 0.05) is 30.1 Å². The van der Waals surface area contributed by atoms with Crippen molar-refractivity contribution in [3.63, 3.8) is 0 Å². The first-order valence-electron chi connectivity index (χ1n) is 16.1. The molecule has 3 aromatic rings. The van der Waals surface area contributed by atoms with Gasteiger partial charge in [0.15, 0.2) is 5.54 Å². The summed E-state index contributed by atoms with van der Waals surface area (Å²) >= 11 is 0. The summed E-state index contributed by atoms with van der Waals surface area (Å²) in [6.45, 7) is 3.48. The molecule has 2 aliphatic heterocycles. The van der Waals surface area contributed by atoms with Gasteiger partial charge in [0.1, 0.15) is 18.1 Å². The molecule has 1 aromatic heterocycles. The molecule has 18 heteroatoms. The van der Waals surface area contributed by atoms with Crippen LogP contribution in [0.25, 0.3) is 0 Å². The zero-order valence-corrected chi connectivity index (χ0v) is 28.9. The van der Waals surface area contributed by atoms with Crippen molar-refractivity contribution in [2.24, 2.45) is 0 Å². The van der Waals surface area contributed by atoms with E-state index in [0.717, 1.165) is 5.56 Å². The maximum Gasteiger partial charge on any atom is 0.490 e. The summed E-state index contributed by atoms with van der Waals surface area (Å²) in [5.74, 6) is -3.84. The first-order chi connectivity index (χ1) is 25.0. The maximum atomic E-state index is 13.7. The summed E-state index contributed by atoms with van der Waals surface area (Å²) in [7, 11) is 1.21. The highest BCUT2D eigenvalue weighted by Crippen LogP contribution is 2.54. The minimum absolute atomic E-state index is 0.122. The number of hydrogen-bond acceptors (Lipinski definition) is 12. The van der Waals surface area contributed by atoms with Crippen LogP contribution in [-0.2, 0) is 40.5 Å². The number of nitrogens with one attached hydrogen (secondary N) is 2. The molecule has 5 N–H and O–H groups in total. The van der Waals surface area contributed by atoms with E-state index in [1.807, 2.05) is 6.07 Å². The van der Waals surface area contributed by atoms with Crippen LogP contribution in [0.4, 0.5) is 24.8 Å². The van der Waals surface area contributed by atoms with Crippen molar-refractivity contribution in [2.45, 2.75) is 55.8 Å². The van der Waals surface area contributed by atoms with E-state index in [1.165, 1.54) is 12.0 Å².